The van der Waals surface area contributed by atoms with Crippen molar-refractivity contribution in [3.8, 4) is 11.3 Å². The Bertz CT molecular complexity index is 1240. The third kappa shape index (κ3) is 3.47. The van der Waals surface area contributed by atoms with Crippen molar-refractivity contribution in [2.45, 2.75) is 33.6 Å². The zero-order valence-corrected chi connectivity index (χ0v) is 18.0. The van der Waals surface area contributed by atoms with Crippen LogP contribution in [0.4, 0.5) is 5.69 Å². The predicted molar refractivity (Wildman–Crippen MR) is 122 cm³/mol. The first-order valence-corrected chi connectivity index (χ1v) is 10.2. The van der Waals surface area contributed by atoms with Gasteiger partial charge in [-0.2, -0.15) is 5.10 Å². The fourth-order valence-electron chi connectivity index (χ4n) is 3.90. The number of nitrogens with one attached hydrogen (secondary N) is 1. The van der Waals surface area contributed by atoms with Crippen molar-refractivity contribution in [1.29, 1.82) is 0 Å². The van der Waals surface area contributed by atoms with Gasteiger partial charge in [-0.25, -0.2) is 4.98 Å². The van der Waals surface area contributed by atoms with Gasteiger partial charge in [0.15, 0.2) is 5.65 Å². The van der Waals surface area contributed by atoms with Crippen LogP contribution in [0.15, 0.2) is 54.6 Å². The van der Waals surface area contributed by atoms with Gasteiger partial charge in [-0.05, 0) is 37.0 Å². The molecule has 2 aromatic heterocycles. The Kier molecular flexibility index (Phi) is 5.12. The summed E-state index contributed by atoms with van der Waals surface area (Å²) in [6, 6.07) is 17.9. The number of rotatable bonds is 4. The van der Waals surface area contributed by atoms with E-state index in [0.29, 0.717) is 17.1 Å². The Morgan fingerprint density at radius 1 is 1.03 bits per heavy atom. The third-order valence-corrected chi connectivity index (χ3v) is 5.45. The van der Waals surface area contributed by atoms with E-state index in [-0.39, 0.29) is 5.91 Å². The number of carbonyl (C=O) groups is 1. The summed E-state index contributed by atoms with van der Waals surface area (Å²) in [7, 11) is 1.86. The first kappa shape index (κ1) is 19.8. The van der Waals surface area contributed by atoms with Gasteiger partial charge in [-0.15, -0.1) is 0 Å². The molecule has 0 spiro atoms. The molecule has 1 amide bonds. The summed E-state index contributed by atoms with van der Waals surface area (Å²) in [6.45, 7) is 8.20. The SMILES string of the molecule is Cc1cccc(C(C)C)c1NC(=O)c1cc(-c2ccccc2)nc2c1c(C)nn2C. The Morgan fingerprint density at radius 2 is 1.77 bits per heavy atom. The Labute approximate surface area is 176 Å². The first-order valence-electron chi connectivity index (χ1n) is 10.2. The Balaban J connectivity index is 1.87. The van der Waals surface area contributed by atoms with E-state index < -0.39 is 0 Å². The van der Waals surface area contributed by atoms with Crippen LogP contribution in [0, 0.1) is 13.8 Å². The van der Waals surface area contributed by atoms with E-state index in [4.69, 9.17) is 4.98 Å². The molecule has 0 bridgehead atoms. The lowest BCUT2D eigenvalue weighted by Crippen LogP contribution is -2.16. The van der Waals surface area contributed by atoms with Gasteiger partial charge in [0.1, 0.15) is 0 Å². The summed E-state index contributed by atoms with van der Waals surface area (Å²) in [6.07, 6.45) is 0. The zero-order chi connectivity index (χ0) is 21.4. The number of fused-ring (bicyclic) bond motifs is 1. The largest absolute Gasteiger partial charge is 0.321 e. The second-order valence-corrected chi connectivity index (χ2v) is 7.98. The number of pyridine rings is 1. The number of amides is 1. The number of hydrogen-bond donors (Lipinski definition) is 1. The van der Waals surface area contributed by atoms with Gasteiger partial charge in [0.25, 0.3) is 5.91 Å². The summed E-state index contributed by atoms with van der Waals surface area (Å²) < 4.78 is 1.74. The fraction of sp³-hybridized carbons (Fsp3) is 0.240. The molecule has 0 saturated heterocycles. The van der Waals surface area contributed by atoms with Crippen LogP contribution in [-0.4, -0.2) is 20.7 Å². The van der Waals surface area contributed by atoms with Crippen molar-refractivity contribution < 1.29 is 4.79 Å². The number of aromatic nitrogens is 3. The summed E-state index contributed by atoms with van der Waals surface area (Å²) in [5.74, 6) is 0.157. The van der Waals surface area contributed by atoms with Crippen molar-refractivity contribution in [2.75, 3.05) is 5.32 Å². The number of carbonyl (C=O) groups excluding carboxylic acids is 1. The lowest BCUT2D eigenvalue weighted by atomic mass is 9.97. The molecule has 152 valence electrons. The maximum absolute atomic E-state index is 13.5. The number of hydrogen-bond acceptors (Lipinski definition) is 3. The number of nitrogens with zero attached hydrogens (tertiary/aromatic N) is 3. The molecule has 2 aromatic carbocycles. The molecule has 0 unspecified atom stereocenters. The molecule has 0 fully saturated rings. The van der Waals surface area contributed by atoms with Crippen molar-refractivity contribution in [2.24, 2.45) is 7.05 Å². The van der Waals surface area contributed by atoms with Gasteiger partial charge in [-0.1, -0.05) is 62.4 Å². The van der Waals surface area contributed by atoms with E-state index in [0.717, 1.165) is 39.2 Å². The molecule has 0 aliphatic rings. The van der Waals surface area contributed by atoms with Gasteiger partial charge in [-0.3, -0.25) is 9.48 Å². The molecule has 0 aliphatic heterocycles. The smallest absolute Gasteiger partial charge is 0.256 e. The summed E-state index contributed by atoms with van der Waals surface area (Å²) in [5, 5.41) is 8.48. The van der Waals surface area contributed by atoms with Crippen molar-refractivity contribution in [3.05, 3.63) is 77.0 Å². The van der Waals surface area contributed by atoms with Crippen LogP contribution >= 0.6 is 0 Å². The van der Waals surface area contributed by atoms with E-state index >= 15 is 0 Å². The normalized spacial score (nSPS) is 11.3. The minimum atomic E-state index is -0.146. The predicted octanol–water partition coefficient (Wildman–Crippen LogP) is 5.63. The van der Waals surface area contributed by atoms with Crippen LogP contribution in [0.1, 0.15) is 46.9 Å². The molecule has 0 radical (unpaired) electrons. The van der Waals surface area contributed by atoms with Gasteiger partial charge >= 0.3 is 0 Å². The molecule has 2 heterocycles. The molecule has 0 saturated carbocycles. The monoisotopic (exact) mass is 398 g/mol. The van der Waals surface area contributed by atoms with Gasteiger partial charge < -0.3 is 5.32 Å². The molecule has 4 rings (SSSR count). The minimum Gasteiger partial charge on any atom is -0.321 e. The van der Waals surface area contributed by atoms with Crippen molar-refractivity contribution in [3.63, 3.8) is 0 Å². The maximum Gasteiger partial charge on any atom is 0.256 e. The lowest BCUT2D eigenvalue weighted by Gasteiger charge is -2.17. The third-order valence-electron chi connectivity index (χ3n) is 5.45. The van der Waals surface area contributed by atoms with Gasteiger partial charge in [0.2, 0.25) is 0 Å². The molecular formula is C25H26N4O. The second kappa shape index (κ2) is 7.75. The molecule has 30 heavy (non-hydrogen) atoms. The van der Waals surface area contributed by atoms with Crippen LogP contribution in [-0.2, 0) is 7.05 Å². The van der Waals surface area contributed by atoms with E-state index in [1.54, 1.807) is 4.68 Å². The van der Waals surface area contributed by atoms with E-state index in [1.165, 1.54) is 0 Å². The van der Waals surface area contributed by atoms with Crippen LogP contribution in [0.25, 0.3) is 22.3 Å². The van der Waals surface area contributed by atoms with Gasteiger partial charge in [0.05, 0.1) is 22.3 Å². The molecule has 5 heteroatoms. The average molecular weight is 399 g/mol. The number of benzene rings is 2. The highest BCUT2D eigenvalue weighted by atomic mass is 16.1. The fourth-order valence-corrected chi connectivity index (χ4v) is 3.90. The molecule has 4 aromatic rings. The van der Waals surface area contributed by atoms with E-state index in [2.05, 4.69) is 30.3 Å². The first-order chi connectivity index (χ1) is 14.4. The number of para-hydroxylation sites is 1. The number of aryl methyl sites for hydroxylation is 3. The van der Waals surface area contributed by atoms with Crippen LogP contribution in [0.5, 0.6) is 0 Å². The van der Waals surface area contributed by atoms with E-state index in [1.807, 2.05) is 69.4 Å². The lowest BCUT2D eigenvalue weighted by molar-refractivity contribution is 0.102. The second-order valence-electron chi connectivity index (χ2n) is 7.98. The van der Waals surface area contributed by atoms with Gasteiger partial charge in [0, 0.05) is 18.3 Å². The molecule has 1 N–H and O–H groups in total. The number of anilines is 1. The van der Waals surface area contributed by atoms with Crippen LogP contribution < -0.4 is 5.32 Å². The van der Waals surface area contributed by atoms with Crippen LogP contribution in [0.3, 0.4) is 0 Å². The van der Waals surface area contributed by atoms with Crippen LogP contribution in [0.2, 0.25) is 0 Å². The van der Waals surface area contributed by atoms with Crippen molar-refractivity contribution in [1.82, 2.24) is 14.8 Å². The highest BCUT2D eigenvalue weighted by Gasteiger charge is 2.21. The summed E-state index contributed by atoms with van der Waals surface area (Å²) in [4.78, 5) is 18.3. The van der Waals surface area contributed by atoms with E-state index in [9.17, 15) is 4.79 Å². The topological polar surface area (TPSA) is 59.8 Å². The Morgan fingerprint density at radius 3 is 2.47 bits per heavy atom. The maximum atomic E-state index is 13.5. The standard InChI is InChI=1S/C25H26N4O/c1-15(2)19-13-9-10-16(3)23(19)27-25(30)20-14-21(18-11-7-6-8-12-18)26-24-22(20)17(4)28-29(24)5/h6-15H,1-5H3,(H,27,30). The van der Waals surface area contributed by atoms with Crippen molar-refractivity contribution >= 4 is 22.6 Å². The zero-order valence-electron chi connectivity index (χ0n) is 18.0. The Hall–Kier alpha value is -3.47. The summed E-state index contributed by atoms with van der Waals surface area (Å²) >= 11 is 0. The minimum absolute atomic E-state index is 0.146. The molecule has 0 atom stereocenters. The molecule has 0 aliphatic carbocycles. The molecule has 5 nitrogen and oxygen atoms in total. The average Bonchev–Trinajstić information content (AvgIpc) is 3.03. The highest BCUT2D eigenvalue weighted by molar-refractivity contribution is 6.13. The summed E-state index contributed by atoms with van der Waals surface area (Å²) in [5.41, 5.74) is 6.85. The highest BCUT2D eigenvalue weighted by Crippen LogP contribution is 2.30. The molecular weight excluding hydrogens is 372 g/mol. The quantitative estimate of drug-likeness (QED) is 0.485.